The summed E-state index contributed by atoms with van der Waals surface area (Å²) in [6.07, 6.45) is 7.87. The molecule has 2 heterocycles. The Morgan fingerprint density at radius 1 is 1.10 bits per heavy atom. The Hall–Kier alpha value is -2.50. The van der Waals surface area contributed by atoms with Gasteiger partial charge in [-0.25, -0.2) is 9.97 Å². The summed E-state index contributed by atoms with van der Waals surface area (Å²) in [7, 11) is 0. The number of aromatic nitrogens is 2. The summed E-state index contributed by atoms with van der Waals surface area (Å²) in [5.74, 6) is 1.09. The molecule has 1 fully saturated rings. The topological polar surface area (TPSA) is 46.1 Å². The molecular formula is C25H27N3OS. The Kier molecular flexibility index (Phi) is 6.60. The van der Waals surface area contributed by atoms with Crippen LogP contribution in [-0.4, -0.2) is 40.0 Å². The first-order valence-corrected chi connectivity index (χ1v) is 11.6. The van der Waals surface area contributed by atoms with E-state index in [0.29, 0.717) is 0 Å². The summed E-state index contributed by atoms with van der Waals surface area (Å²) >= 11 is 1.64. The molecule has 0 saturated carbocycles. The SMILES string of the molecule is CSc1ccccc1C(=O)[C@@H]1CCCN(Cc2cnc(-c3ccccc3C)nc2)C1. The number of rotatable bonds is 6. The standard InChI is InChI=1S/C25H27N3OS/c1-18-8-3-4-10-21(18)25-26-14-19(15-27-25)16-28-13-7-9-20(17-28)24(29)22-11-5-6-12-23(22)30-2/h3-6,8,10-12,14-15,20H,7,9,13,16-17H2,1-2H3/t20-/m1/s1. The lowest BCUT2D eigenvalue weighted by Gasteiger charge is -2.32. The molecule has 0 bridgehead atoms. The van der Waals surface area contributed by atoms with Crippen molar-refractivity contribution in [1.29, 1.82) is 0 Å². The van der Waals surface area contributed by atoms with E-state index in [9.17, 15) is 4.79 Å². The Morgan fingerprint density at radius 2 is 1.83 bits per heavy atom. The zero-order chi connectivity index (χ0) is 20.9. The number of piperidine rings is 1. The second-order valence-corrected chi connectivity index (χ2v) is 8.72. The number of benzene rings is 2. The van der Waals surface area contributed by atoms with Gasteiger partial charge < -0.3 is 0 Å². The molecular weight excluding hydrogens is 390 g/mol. The fourth-order valence-corrected chi connectivity index (χ4v) is 4.74. The van der Waals surface area contributed by atoms with E-state index >= 15 is 0 Å². The summed E-state index contributed by atoms with van der Waals surface area (Å²) in [5.41, 5.74) is 4.20. The van der Waals surface area contributed by atoms with Crippen molar-refractivity contribution in [2.75, 3.05) is 19.3 Å². The maximum atomic E-state index is 13.1. The minimum Gasteiger partial charge on any atom is -0.298 e. The average Bonchev–Trinajstić information content (AvgIpc) is 2.80. The van der Waals surface area contributed by atoms with Crippen LogP contribution in [0.15, 0.2) is 65.8 Å². The van der Waals surface area contributed by atoms with Crippen LogP contribution < -0.4 is 0 Å². The van der Waals surface area contributed by atoms with Crippen molar-refractivity contribution < 1.29 is 4.79 Å². The summed E-state index contributed by atoms with van der Waals surface area (Å²) in [6.45, 7) is 4.66. The third-order valence-corrected chi connectivity index (χ3v) is 6.54. The Balaban J connectivity index is 1.43. The van der Waals surface area contributed by atoms with Crippen molar-refractivity contribution in [2.24, 2.45) is 5.92 Å². The number of nitrogens with zero attached hydrogens (tertiary/aromatic N) is 3. The molecule has 1 atom stereocenters. The molecule has 2 aromatic carbocycles. The summed E-state index contributed by atoms with van der Waals surface area (Å²) in [5, 5.41) is 0. The molecule has 0 N–H and O–H groups in total. The lowest BCUT2D eigenvalue weighted by atomic mass is 9.90. The molecule has 4 nitrogen and oxygen atoms in total. The number of carbonyl (C=O) groups is 1. The number of hydrogen-bond donors (Lipinski definition) is 0. The number of carbonyl (C=O) groups excluding carboxylic acids is 1. The van der Waals surface area contributed by atoms with Gasteiger partial charge in [0.05, 0.1) is 0 Å². The molecule has 0 aliphatic carbocycles. The molecule has 1 aromatic heterocycles. The maximum absolute atomic E-state index is 13.1. The van der Waals surface area contributed by atoms with Crippen LogP contribution in [0.25, 0.3) is 11.4 Å². The van der Waals surface area contributed by atoms with E-state index in [2.05, 4.69) is 33.9 Å². The Morgan fingerprint density at radius 3 is 2.60 bits per heavy atom. The minimum atomic E-state index is 0.0548. The Bertz CT molecular complexity index is 1020. The van der Waals surface area contributed by atoms with Crippen LogP contribution in [0.3, 0.4) is 0 Å². The monoisotopic (exact) mass is 417 g/mol. The second-order valence-electron chi connectivity index (χ2n) is 7.87. The van der Waals surface area contributed by atoms with Crippen molar-refractivity contribution in [3.63, 3.8) is 0 Å². The molecule has 5 heteroatoms. The van der Waals surface area contributed by atoms with E-state index < -0.39 is 0 Å². The highest BCUT2D eigenvalue weighted by atomic mass is 32.2. The molecule has 0 amide bonds. The van der Waals surface area contributed by atoms with Gasteiger partial charge in [-0.2, -0.15) is 0 Å². The smallest absolute Gasteiger partial charge is 0.168 e. The highest BCUT2D eigenvalue weighted by molar-refractivity contribution is 7.98. The summed E-state index contributed by atoms with van der Waals surface area (Å²) in [4.78, 5) is 25.8. The van der Waals surface area contributed by atoms with Gasteiger partial charge in [0, 0.05) is 53.0 Å². The lowest BCUT2D eigenvalue weighted by molar-refractivity contribution is 0.0808. The normalized spacial score (nSPS) is 17.1. The molecule has 0 radical (unpaired) electrons. The quantitative estimate of drug-likeness (QED) is 0.404. The fourth-order valence-electron chi connectivity index (χ4n) is 4.14. The fraction of sp³-hybridized carbons (Fsp3) is 0.320. The van der Waals surface area contributed by atoms with E-state index in [0.717, 1.165) is 59.9 Å². The van der Waals surface area contributed by atoms with E-state index in [4.69, 9.17) is 0 Å². The van der Waals surface area contributed by atoms with Crippen LogP contribution in [0.5, 0.6) is 0 Å². The van der Waals surface area contributed by atoms with Crippen molar-refractivity contribution in [3.8, 4) is 11.4 Å². The average molecular weight is 418 g/mol. The van der Waals surface area contributed by atoms with Gasteiger partial charge in [-0.15, -0.1) is 11.8 Å². The molecule has 4 rings (SSSR count). The van der Waals surface area contributed by atoms with Gasteiger partial charge in [0.1, 0.15) is 0 Å². The number of aryl methyl sites for hydroxylation is 1. The van der Waals surface area contributed by atoms with Crippen LogP contribution in [0.2, 0.25) is 0 Å². The number of likely N-dealkylation sites (tertiary alicyclic amines) is 1. The zero-order valence-corrected chi connectivity index (χ0v) is 18.4. The van der Waals surface area contributed by atoms with Crippen LogP contribution >= 0.6 is 11.8 Å². The van der Waals surface area contributed by atoms with Gasteiger partial charge in [-0.05, 0) is 44.2 Å². The van der Waals surface area contributed by atoms with Crippen molar-refractivity contribution >= 4 is 17.5 Å². The largest absolute Gasteiger partial charge is 0.298 e. The predicted octanol–water partition coefficient (Wildman–Crippen LogP) is 5.27. The van der Waals surface area contributed by atoms with Gasteiger partial charge in [0.25, 0.3) is 0 Å². The first-order chi connectivity index (χ1) is 14.7. The van der Waals surface area contributed by atoms with Crippen molar-refractivity contribution in [1.82, 2.24) is 14.9 Å². The van der Waals surface area contributed by atoms with Gasteiger partial charge >= 0.3 is 0 Å². The third kappa shape index (κ3) is 4.63. The zero-order valence-electron chi connectivity index (χ0n) is 17.5. The third-order valence-electron chi connectivity index (χ3n) is 5.75. The predicted molar refractivity (Wildman–Crippen MR) is 123 cm³/mol. The van der Waals surface area contributed by atoms with Crippen LogP contribution in [0, 0.1) is 12.8 Å². The van der Waals surface area contributed by atoms with Crippen LogP contribution in [-0.2, 0) is 6.54 Å². The van der Waals surface area contributed by atoms with Crippen molar-refractivity contribution in [3.05, 3.63) is 77.6 Å². The lowest BCUT2D eigenvalue weighted by Crippen LogP contribution is -2.38. The number of hydrogen-bond acceptors (Lipinski definition) is 5. The second kappa shape index (κ2) is 9.54. The van der Waals surface area contributed by atoms with Gasteiger partial charge in [-0.1, -0.05) is 42.5 Å². The minimum absolute atomic E-state index is 0.0548. The first kappa shape index (κ1) is 20.8. The van der Waals surface area contributed by atoms with Gasteiger partial charge in [0.2, 0.25) is 0 Å². The Labute approximate surface area is 182 Å². The molecule has 154 valence electrons. The molecule has 0 spiro atoms. The molecule has 1 aliphatic heterocycles. The molecule has 30 heavy (non-hydrogen) atoms. The molecule has 0 unspecified atom stereocenters. The van der Waals surface area contributed by atoms with E-state index in [-0.39, 0.29) is 11.7 Å². The van der Waals surface area contributed by atoms with Gasteiger partial charge in [-0.3, -0.25) is 9.69 Å². The number of Topliss-reactive ketones (excluding diaryl/α,β-unsaturated/α-hetero) is 1. The summed E-state index contributed by atoms with van der Waals surface area (Å²) < 4.78 is 0. The first-order valence-electron chi connectivity index (χ1n) is 10.4. The molecule has 1 aliphatic rings. The van der Waals surface area contributed by atoms with E-state index in [1.165, 1.54) is 5.56 Å². The highest BCUT2D eigenvalue weighted by Gasteiger charge is 2.27. The number of thioether (sulfide) groups is 1. The maximum Gasteiger partial charge on any atom is 0.168 e. The van der Waals surface area contributed by atoms with Crippen LogP contribution in [0.4, 0.5) is 0 Å². The van der Waals surface area contributed by atoms with E-state index in [1.54, 1.807) is 11.8 Å². The molecule has 3 aromatic rings. The van der Waals surface area contributed by atoms with Crippen molar-refractivity contribution in [2.45, 2.75) is 31.2 Å². The highest BCUT2D eigenvalue weighted by Crippen LogP contribution is 2.27. The number of ketones is 1. The summed E-state index contributed by atoms with van der Waals surface area (Å²) in [6, 6.07) is 16.1. The van der Waals surface area contributed by atoms with Crippen LogP contribution in [0.1, 0.15) is 34.3 Å². The van der Waals surface area contributed by atoms with Gasteiger partial charge in [0.15, 0.2) is 11.6 Å². The molecule has 1 saturated heterocycles. The van der Waals surface area contributed by atoms with E-state index in [1.807, 2.05) is 55.0 Å².